The zero-order valence-electron chi connectivity index (χ0n) is 11.7. The molecule has 0 aromatic rings. The average Bonchev–Trinajstić information content (AvgIpc) is 2.05. The van der Waals surface area contributed by atoms with Gasteiger partial charge in [-0.05, 0) is 54.0 Å². The number of nitrogens with one attached hydrogen (secondary N) is 1. The molecule has 0 bridgehead atoms. The Balaban J connectivity index is 4.04. The zero-order chi connectivity index (χ0) is 13.7. The number of rotatable bonds is 8. The van der Waals surface area contributed by atoms with Crippen LogP contribution in [0.4, 0.5) is 0 Å². The molecule has 0 spiro atoms. The number of hydrogen-bond donors (Lipinski definition) is 4. The van der Waals surface area contributed by atoms with Gasteiger partial charge in [-0.2, -0.15) is 0 Å². The van der Waals surface area contributed by atoms with Crippen molar-refractivity contribution in [2.45, 2.75) is 65.1 Å². The summed E-state index contributed by atoms with van der Waals surface area (Å²) in [4.78, 5) is 1.66. The lowest BCUT2D eigenvalue weighted by molar-refractivity contribution is -0.200. The Hall–Kier alpha value is -0.200. The van der Waals surface area contributed by atoms with Crippen LogP contribution in [-0.4, -0.2) is 51.0 Å². The Morgan fingerprint density at radius 3 is 1.88 bits per heavy atom. The average molecular weight is 248 g/mol. The van der Waals surface area contributed by atoms with E-state index in [-0.39, 0.29) is 0 Å². The lowest BCUT2D eigenvalue weighted by atomic mass is 10.1. The van der Waals surface area contributed by atoms with Crippen molar-refractivity contribution in [1.82, 2.24) is 10.2 Å². The third-order valence-corrected chi connectivity index (χ3v) is 2.57. The van der Waals surface area contributed by atoms with Gasteiger partial charge in [-0.1, -0.05) is 0 Å². The summed E-state index contributed by atoms with van der Waals surface area (Å²) in [5.74, 6) is 0. The molecule has 104 valence electrons. The lowest BCUT2D eigenvalue weighted by Crippen LogP contribution is -2.55. The highest BCUT2D eigenvalue weighted by atomic mass is 16.3. The molecule has 0 fully saturated rings. The molecule has 0 heterocycles. The van der Waals surface area contributed by atoms with E-state index in [4.69, 9.17) is 5.11 Å². The first-order chi connectivity index (χ1) is 7.55. The van der Waals surface area contributed by atoms with Gasteiger partial charge in [-0.3, -0.25) is 5.32 Å². The Morgan fingerprint density at radius 2 is 1.53 bits per heavy atom. The molecular weight excluding hydrogens is 220 g/mol. The maximum Gasteiger partial charge on any atom is 0.115 e. The van der Waals surface area contributed by atoms with E-state index in [0.717, 1.165) is 19.4 Å². The van der Waals surface area contributed by atoms with Crippen LogP contribution in [0, 0.1) is 0 Å². The maximum atomic E-state index is 9.97. The quantitative estimate of drug-likeness (QED) is 0.371. The molecule has 5 heteroatoms. The van der Waals surface area contributed by atoms with Crippen LogP contribution >= 0.6 is 0 Å². The molecule has 0 aliphatic rings. The van der Waals surface area contributed by atoms with Gasteiger partial charge in [0.2, 0.25) is 0 Å². The van der Waals surface area contributed by atoms with Gasteiger partial charge in [0.25, 0.3) is 0 Å². The molecule has 0 saturated heterocycles. The SMILES string of the molecule is CC(O)NCCCCN(C(C)(C)O)C(C)(C)O. The Morgan fingerprint density at radius 1 is 1.06 bits per heavy atom. The number of unbranched alkanes of at least 4 members (excludes halogenated alkanes) is 1. The molecule has 0 saturated carbocycles. The van der Waals surface area contributed by atoms with Crippen molar-refractivity contribution in [3.8, 4) is 0 Å². The van der Waals surface area contributed by atoms with Gasteiger partial charge in [0.05, 0.1) is 0 Å². The summed E-state index contributed by atoms with van der Waals surface area (Å²) in [5, 5.41) is 31.9. The van der Waals surface area contributed by atoms with E-state index in [0.29, 0.717) is 6.54 Å². The van der Waals surface area contributed by atoms with Gasteiger partial charge in [0.15, 0.2) is 0 Å². The van der Waals surface area contributed by atoms with Gasteiger partial charge in [0.1, 0.15) is 17.7 Å². The van der Waals surface area contributed by atoms with Gasteiger partial charge in [0, 0.05) is 6.54 Å². The maximum absolute atomic E-state index is 9.97. The van der Waals surface area contributed by atoms with Crippen molar-refractivity contribution in [3.05, 3.63) is 0 Å². The highest BCUT2D eigenvalue weighted by Gasteiger charge is 2.34. The standard InChI is InChI=1S/C12H28N2O3/c1-10(15)13-8-6-7-9-14(11(2,3)16)12(4,5)17/h10,13,15-17H,6-9H2,1-5H3. The first kappa shape index (κ1) is 16.8. The van der Waals surface area contributed by atoms with Gasteiger partial charge < -0.3 is 15.3 Å². The second-order valence-corrected chi connectivity index (χ2v) is 5.48. The molecular formula is C12H28N2O3. The van der Waals surface area contributed by atoms with Crippen LogP contribution in [0.5, 0.6) is 0 Å². The molecule has 17 heavy (non-hydrogen) atoms. The van der Waals surface area contributed by atoms with Crippen LogP contribution in [0.25, 0.3) is 0 Å². The van der Waals surface area contributed by atoms with Crippen LogP contribution in [0.15, 0.2) is 0 Å². The normalized spacial score (nSPS) is 15.4. The predicted octanol–water partition coefficient (Wildman–Crippen LogP) is 0.453. The third-order valence-electron chi connectivity index (χ3n) is 2.57. The van der Waals surface area contributed by atoms with Crippen LogP contribution < -0.4 is 5.32 Å². The molecule has 0 radical (unpaired) electrons. The molecule has 1 atom stereocenters. The van der Waals surface area contributed by atoms with E-state index in [1.807, 2.05) is 0 Å². The van der Waals surface area contributed by atoms with Crippen LogP contribution in [-0.2, 0) is 0 Å². The summed E-state index contributed by atoms with van der Waals surface area (Å²) in [5.41, 5.74) is -2.09. The Bertz CT molecular complexity index is 193. The summed E-state index contributed by atoms with van der Waals surface area (Å²) in [6.07, 6.45) is 1.23. The fraction of sp³-hybridized carbons (Fsp3) is 1.00. The Kier molecular flexibility index (Phi) is 6.58. The van der Waals surface area contributed by atoms with E-state index >= 15 is 0 Å². The predicted molar refractivity (Wildman–Crippen MR) is 68.2 cm³/mol. The molecule has 0 aromatic carbocycles. The molecule has 0 amide bonds. The molecule has 0 aliphatic carbocycles. The summed E-state index contributed by atoms with van der Waals surface area (Å²) in [6.45, 7) is 9.67. The zero-order valence-corrected chi connectivity index (χ0v) is 11.7. The molecule has 0 rings (SSSR count). The number of hydrogen-bond acceptors (Lipinski definition) is 5. The van der Waals surface area contributed by atoms with Crippen molar-refractivity contribution >= 4 is 0 Å². The highest BCUT2D eigenvalue weighted by Crippen LogP contribution is 2.21. The van der Waals surface area contributed by atoms with Crippen molar-refractivity contribution in [2.24, 2.45) is 0 Å². The topological polar surface area (TPSA) is 76.0 Å². The second-order valence-electron chi connectivity index (χ2n) is 5.48. The summed E-state index contributed by atoms with van der Waals surface area (Å²) < 4.78 is 0. The van der Waals surface area contributed by atoms with Crippen molar-refractivity contribution in [1.29, 1.82) is 0 Å². The molecule has 0 aliphatic heterocycles. The number of aliphatic hydroxyl groups excluding tert-OH is 1. The molecule has 4 N–H and O–H groups in total. The highest BCUT2D eigenvalue weighted by molar-refractivity contribution is 4.78. The van der Waals surface area contributed by atoms with E-state index in [9.17, 15) is 10.2 Å². The fourth-order valence-electron chi connectivity index (χ4n) is 1.92. The molecule has 0 aromatic heterocycles. The smallest absolute Gasteiger partial charge is 0.115 e. The number of nitrogens with zero attached hydrogens (tertiary/aromatic N) is 1. The largest absolute Gasteiger partial charge is 0.379 e. The minimum Gasteiger partial charge on any atom is -0.379 e. The van der Waals surface area contributed by atoms with E-state index in [1.165, 1.54) is 0 Å². The third kappa shape index (κ3) is 7.68. The van der Waals surface area contributed by atoms with E-state index in [1.54, 1.807) is 39.5 Å². The first-order valence-electron chi connectivity index (χ1n) is 6.19. The van der Waals surface area contributed by atoms with Crippen LogP contribution in [0.2, 0.25) is 0 Å². The first-order valence-corrected chi connectivity index (χ1v) is 6.19. The summed E-state index contributed by atoms with van der Waals surface area (Å²) in [6, 6.07) is 0. The second kappa shape index (κ2) is 6.66. The van der Waals surface area contributed by atoms with Crippen molar-refractivity contribution in [3.63, 3.8) is 0 Å². The monoisotopic (exact) mass is 248 g/mol. The van der Waals surface area contributed by atoms with Gasteiger partial charge >= 0.3 is 0 Å². The fourth-order valence-corrected chi connectivity index (χ4v) is 1.92. The van der Waals surface area contributed by atoms with E-state index < -0.39 is 17.7 Å². The van der Waals surface area contributed by atoms with Crippen LogP contribution in [0.3, 0.4) is 0 Å². The minimum atomic E-state index is -1.05. The molecule has 1 unspecified atom stereocenters. The minimum absolute atomic E-state index is 0.491. The molecule has 5 nitrogen and oxygen atoms in total. The van der Waals surface area contributed by atoms with E-state index in [2.05, 4.69) is 5.32 Å². The summed E-state index contributed by atoms with van der Waals surface area (Å²) in [7, 11) is 0. The van der Waals surface area contributed by atoms with Crippen molar-refractivity contribution < 1.29 is 15.3 Å². The lowest BCUT2D eigenvalue weighted by Gasteiger charge is -2.42. The van der Waals surface area contributed by atoms with Gasteiger partial charge in [-0.25, -0.2) is 4.90 Å². The summed E-state index contributed by atoms with van der Waals surface area (Å²) >= 11 is 0. The number of aliphatic hydroxyl groups is 3. The Labute approximate surface area is 104 Å². The van der Waals surface area contributed by atoms with Crippen LogP contribution in [0.1, 0.15) is 47.5 Å². The van der Waals surface area contributed by atoms with Gasteiger partial charge in [-0.15, -0.1) is 0 Å². The van der Waals surface area contributed by atoms with Crippen molar-refractivity contribution in [2.75, 3.05) is 13.1 Å².